The lowest BCUT2D eigenvalue weighted by Crippen LogP contribution is -2.58. The third kappa shape index (κ3) is 11.3. The zero-order chi connectivity index (χ0) is 35.4. The first-order valence-electron chi connectivity index (χ1n) is 17.1. The van der Waals surface area contributed by atoms with Crippen LogP contribution in [0.3, 0.4) is 0 Å². The molecule has 1 aliphatic heterocycles. The van der Waals surface area contributed by atoms with Gasteiger partial charge in [-0.3, -0.25) is 19.3 Å². The van der Waals surface area contributed by atoms with Crippen molar-refractivity contribution in [1.82, 2.24) is 20.9 Å². The molecule has 3 amide bonds. The lowest BCUT2D eigenvalue weighted by atomic mass is 9.94. The Bertz CT molecular complexity index is 1380. The van der Waals surface area contributed by atoms with Gasteiger partial charge in [0.1, 0.15) is 12.1 Å². The van der Waals surface area contributed by atoms with E-state index in [9.17, 15) is 19.2 Å². The number of amides is 3. The molecule has 3 rings (SSSR count). The highest BCUT2D eigenvalue weighted by Gasteiger charge is 2.34. The van der Waals surface area contributed by atoms with Crippen LogP contribution in [0.2, 0.25) is 0 Å². The number of carbonyl (C=O) groups excluding carboxylic acids is 4. The van der Waals surface area contributed by atoms with E-state index in [1.54, 1.807) is 0 Å². The highest BCUT2D eigenvalue weighted by atomic mass is 16.5. The zero-order valence-corrected chi connectivity index (χ0v) is 29.6. The second kappa shape index (κ2) is 18.5. The molecule has 0 radical (unpaired) electrons. The summed E-state index contributed by atoms with van der Waals surface area (Å²) >= 11 is 0. The summed E-state index contributed by atoms with van der Waals surface area (Å²) in [5.74, 6) is -1.74. The molecule has 262 valence electrons. The largest absolute Gasteiger partial charge is 0.467 e. The molecular formula is C38H55N5O5. The normalized spacial score (nSPS) is 18.5. The molecule has 0 saturated carbocycles. The first-order valence-corrected chi connectivity index (χ1v) is 17.1. The van der Waals surface area contributed by atoms with E-state index in [2.05, 4.69) is 39.1 Å². The van der Waals surface area contributed by atoms with E-state index in [-0.39, 0.29) is 35.6 Å². The Hall–Kier alpha value is -4.02. The predicted molar refractivity (Wildman–Crippen MR) is 189 cm³/mol. The van der Waals surface area contributed by atoms with Gasteiger partial charge in [0.05, 0.1) is 19.2 Å². The van der Waals surface area contributed by atoms with Gasteiger partial charge in [0.15, 0.2) is 0 Å². The van der Waals surface area contributed by atoms with Crippen molar-refractivity contribution >= 4 is 23.7 Å². The molecule has 0 aromatic heterocycles. The number of nitrogens with zero attached hydrogens (tertiary/aromatic N) is 1. The fourth-order valence-electron chi connectivity index (χ4n) is 6.07. The summed E-state index contributed by atoms with van der Waals surface area (Å²) in [4.78, 5) is 54.6. The maximum atomic E-state index is 13.7. The number of hydrogen-bond acceptors (Lipinski definition) is 7. The smallest absolute Gasteiger partial charge is 0.328 e. The third-order valence-electron chi connectivity index (χ3n) is 9.09. The predicted octanol–water partition coefficient (Wildman–Crippen LogP) is 3.40. The molecule has 0 aliphatic carbocycles. The van der Waals surface area contributed by atoms with Crippen molar-refractivity contribution in [1.29, 1.82) is 0 Å². The summed E-state index contributed by atoms with van der Waals surface area (Å²) in [6, 6.07) is 16.9. The molecule has 1 heterocycles. The van der Waals surface area contributed by atoms with Crippen LogP contribution in [0.25, 0.3) is 0 Å². The van der Waals surface area contributed by atoms with Gasteiger partial charge < -0.3 is 26.4 Å². The Labute approximate surface area is 286 Å². The number of carbonyl (C=O) groups is 4. The second-order valence-corrected chi connectivity index (χ2v) is 13.6. The molecule has 0 saturated heterocycles. The van der Waals surface area contributed by atoms with Gasteiger partial charge in [-0.25, -0.2) is 4.79 Å². The highest BCUT2D eigenvalue weighted by molar-refractivity contribution is 5.92. The summed E-state index contributed by atoms with van der Waals surface area (Å²) < 4.78 is 4.88. The minimum Gasteiger partial charge on any atom is -0.467 e. The van der Waals surface area contributed by atoms with Crippen molar-refractivity contribution in [3.63, 3.8) is 0 Å². The van der Waals surface area contributed by atoms with Crippen LogP contribution >= 0.6 is 0 Å². The van der Waals surface area contributed by atoms with E-state index in [0.29, 0.717) is 25.9 Å². The number of benzene rings is 2. The molecule has 2 aromatic rings. The van der Waals surface area contributed by atoms with Gasteiger partial charge in [0.25, 0.3) is 0 Å². The number of esters is 1. The molecule has 5 N–H and O–H groups in total. The number of nitrogens with one attached hydrogen (secondary N) is 3. The Morgan fingerprint density at radius 3 is 1.92 bits per heavy atom. The topological polar surface area (TPSA) is 143 Å². The maximum Gasteiger partial charge on any atom is 0.328 e. The second-order valence-electron chi connectivity index (χ2n) is 13.6. The summed E-state index contributed by atoms with van der Waals surface area (Å²) in [6.45, 7) is 12.4. The van der Waals surface area contributed by atoms with E-state index >= 15 is 0 Å². The summed E-state index contributed by atoms with van der Waals surface area (Å²) in [5.41, 5.74) is 9.57. The van der Waals surface area contributed by atoms with Crippen LogP contribution in [0, 0.1) is 17.8 Å². The van der Waals surface area contributed by atoms with Crippen LogP contribution in [-0.4, -0.2) is 79.0 Å². The van der Waals surface area contributed by atoms with Gasteiger partial charge in [-0.1, -0.05) is 100 Å². The van der Waals surface area contributed by atoms with E-state index in [1.165, 1.54) is 12.7 Å². The van der Waals surface area contributed by atoms with Crippen LogP contribution < -0.4 is 21.7 Å². The fourth-order valence-corrected chi connectivity index (χ4v) is 6.07. The SMILES string of the molecule is COC(=O)[C@@H](NC(=O)[C@@H](NC(=O)C(C)N1CCC(C(C)NC(=O)[C@@H](N)Cc2ccccc2)=CC(Cc2ccccc2)C1)C(C)C)C(C)C. The van der Waals surface area contributed by atoms with Crippen molar-refractivity contribution in [3.8, 4) is 0 Å². The monoisotopic (exact) mass is 661 g/mol. The highest BCUT2D eigenvalue weighted by Crippen LogP contribution is 2.24. The average Bonchev–Trinajstić information content (AvgIpc) is 3.28. The van der Waals surface area contributed by atoms with Gasteiger partial charge in [0, 0.05) is 19.1 Å². The molecule has 0 bridgehead atoms. The zero-order valence-electron chi connectivity index (χ0n) is 29.6. The number of ether oxygens (including phenoxy) is 1. The Morgan fingerprint density at radius 1 is 0.792 bits per heavy atom. The van der Waals surface area contributed by atoms with Gasteiger partial charge in [-0.2, -0.15) is 0 Å². The minimum absolute atomic E-state index is 0.0774. The molecule has 0 fully saturated rings. The molecule has 10 nitrogen and oxygen atoms in total. The molecule has 1 aliphatic rings. The number of hydrogen-bond donors (Lipinski definition) is 4. The molecular weight excluding hydrogens is 606 g/mol. The first-order chi connectivity index (χ1) is 22.8. The quantitative estimate of drug-likeness (QED) is 0.169. The van der Waals surface area contributed by atoms with E-state index in [4.69, 9.17) is 10.5 Å². The van der Waals surface area contributed by atoms with Gasteiger partial charge in [-0.15, -0.1) is 0 Å². The summed E-state index contributed by atoms with van der Waals surface area (Å²) in [7, 11) is 1.29. The first kappa shape index (κ1) is 38.4. The lowest BCUT2D eigenvalue weighted by molar-refractivity contribution is -0.147. The fraction of sp³-hybridized carbons (Fsp3) is 0.526. The van der Waals surface area contributed by atoms with Gasteiger partial charge >= 0.3 is 5.97 Å². The number of rotatable bonds is 15. The number of methoxy groups -OCH3 is 1. The van der Waals surface area contributed by atoms with Crippen LogP contribution in [-0.2, 0) is 36.8 Å². The minimum atomic E-state index is -0.832. The van der Waals surface area contributed by atoms with E-state index in [0.717, 1.165) is 17.6 Å². The lowest BCUT2D eigenvalue weighted by Gasteiger charge is -2.32. The van der Waals surface area contributed by atoms with Crippen molar-refractivity contribution in [2.24, 2.45) is 23.5 Å². The molecule has 10 heteroatoms. The van der Waals surface area contributed by atoms with Crippen molar-refractivity contribution in [2.75, 3.05) is 20.2 Å². The standard InChI is InChI=1S/C38H55N5O5/c1-24(2)33(37(46)42-34(25(3)4)38(47)48-7)41-35(44)27(6)43-19-18-31(21-30(23-43)20-28-14-10-8-11-15-28)26(5)40-36(45)32(39)22-29-16-12-9-13-17-29/h8-17,21,24-27,30,32-34H,18-20,22-23,39H2,1-7H3,(H,40,45)(H,41,44)(H,42,46)/t26?,27?,30?,32-,33-,34-/m0/s1. The summed E-state index contributed by atoms with van der Waals surface area (Å²) in [5, 5.41) is 8.87. The Morgan fingerprint density at radius 2 is 1.35 bits per heavy atom. The summed E-state index contributed by atoms with van der Waals surface area (Å²) in [6.07, 6.45) is 4.12. The van der Waals surface area contributed by atoms with Crippen LogP contribution in [0.15, 0.2) is 72.3 Å². The van der Waals surface area contributed by atoms with Crippen molar-refractivity contribution in [2.45, 2.75) is 91.0 Å². The Balaban J connectivity index is 1.73. The van der Waals surface area contributed by atoms with Crippen molar-refractivity contribution < 1.29 is 23.9 Å². The third-order valence-corrected chi connectivity index (χ3v) is 9.09. The molecule has 3 unspecified atom stereocenters. The van der Waals surface area contributed by atoms with Crippen LogP contribution in [0.4, 0.5) is 0 Å². The van der Waals surface area contributed by atoms with Crippen LogP contribution in [0.5, 0.6) is 0 Å². The van der Waals surface area contributed by atoms with Gasteiger partial charge in [0.2, 0.25) is 17.7 Å². The molecule has 0 spiro atoms. The van der Waals surface area contributed by atoms with Crippen molar-refractivity contribution in [3.05, 3.63) is 83.4 Å². The number of nitrogens with two attached hydrogens (primary N) is 1. The van der Waals surface area contributed by atoms with E-state index in [1.807, 2.05) is 90.1 Å². The van der Waals surface area contributed by atoms with E-state index < -0.39 is 36.0 Å². The molecule has 6 atom stereocenters. The van der Waals surface area contributed by atoms with Crippen LogP contribution in [0.1, 0.15) is 59.1 Å². The Kier molecular flexibility index (Phi) is 14.8. The maximum absolute atomic E-state index is 13.7. The molecule has 2 aromatic carbocycles. The van der Waals surface area contributed by atoms with Gasteiger partial charge in [-0.05, 0) is 62.0 Å². The molecule has 48 heavy (non-hydrogen) atoms. The average molecular weight is 662 g/mol.